The van der Waals surface area contributed by atoms with Gasteiger partial charge in [-0.25, -0.2) is 0 Å². The summed E-state index contributed by atoms with van der Waals surface area (Å²) >= 11 is 0. The van der Waals surface area contributed by atoms with Gasteiger partial charge in [0.2, 0.25) is 0 Å². The van der Waals surface area contributed by atoms with Gasteiger partial charge in [-0.2, -0.15) is 0 Å². The highest BCUT2D eigenvalue weighted by molar-refractivity contribution is 4.71. The van der Waals surface area contributed by atoms with Crippen LogP contribution >= 0.6 is 0 Å². The van der Waals surface area contributed by atoms with Gasteiger partial charge in [-0.3, -0.25) is 0 Å². The first-order valence-corrected chi connectivity index (χ1v) is 40.3. The van der Waals surface area contributed by atoms with Crippen LogP contribution in [-0.2, 0) is 0 Å². The Morgan fingerprint density at radius 1 is 0.0707 bits per heavy atom. The average molecular weight is 1410 g/mol. The van der Waals surface area contributed by atoms with Gasteiger partial charge in [0.15, 0.2) is 0 Å². The molecule has 0 N–H and O–H groups in total. The van der Waals surface area contributed by atoms with E-state index in [1.54, 1.807) is 0 Å². The quantitative estimate of drug-likeness (QED) is 0.357. The summed E-state index contributed by atoms with van der Waals surface area (Å²) in [5.74, 6) is 0. The van der Waals surface area contributed by atoms with Crippen molar-refractivity contribution in [3.63, 3.8) is 0 Å². The zero-order chi connectivity index (χ0) is 73.6. The molecule has 4 aliphatic rings. The summed E-state index contributed by atoms with van der Waals surface area (Å²) in [5.41, 5.74) is 0. The summed E-state index contributed by atoms with van der Waals surface area (Å²) in [6.45, 7) is 52.0. The molecule has 0 bridgehead atoms. The molecule has 22 heteroatoms. The van der Waals surface area contributed by atoms with Gasteiger partial charge in [-0.05, 0) is 337 Å². The van der Waals surface area contributed by atoms with Crippen molar-refractivity contribution < 1.29 is 0 Å². The fraction of sp³-hybridized carbons (Fsp3) is 1.00. The fourth-order valence-corrected chi connectivity index (χ4v) is 12.7. The van der Waals surface area contributed by atoms with Gasteiger partial charge in [0, 0.05) is 170 Å². The van der Waals surface area contributed by atoms with Gasteiger partial charge in [-0.1, -0.05) is 6.42 Å². The maximum absolute atomic E-state index is 2.50. The molecule has 22 nitrogen and oxygen atoms in total. The van der Waals surface area contributed by atoms with E-state index in [4.69, 9.17) is 0 Å². The Labute approximate surface area is 618 Å². The first kappa shape index (κ1) is 96.1. The number of hydrogen-bond donors (Lipinski definition) is 0. The molecule has 4 aliphatic heterocycles. The number of likely N-dealkylation sites (N-methyl/N-ethyl adjacent to an activating group) is 20. The molecule has 0 aliphatic carbocycles. The van der Waals surface area contributed by atoms with Gasteiger partial charge in [-0.15, -0.1) is 0 Å². The van der Waals surface area contributed by atoms with Crippen LogP contribution in [0.15, 0.2) is 0 Å². The topological polar surface area (TPSA) is 71.3 Å². The Kier molecular flexibility index (Phi) is 60.4. The Balaban J connectivity index is 0.000000666. The monoisotopic (exact) mass is 1410 g/mol. The van der Waals surface area contributed by atoms with Crippen LogP contribution in [0.5, 0.6) is 0 Å². The lowest BCUT2D eigenvalue weighted by molar-refractivity contribution is 0.196. The molecular formula is C77H176N22. The van der Waals surface area contributed by atoms with Crippen LogP contribution in [0.3, 0.4) is 0 Å². The predicted molar refractivity (Wildman–Crippen MR) is 436 cm³/mol. The third kappa shape index (κ3) is 60.9. The molecule has 4 saturated heterocycles. The lowest BCUT2D eigenvalue weighted by Crippen LogP contribution is -2.39. The molecule has 0 aromatic heterocycles. The van der Waals surface area contributed by atoms with E-state index in [0.29, 0.717) is 0 Å². The van der Waals surface area contributed by atoms with Crippen molar-refractivity contribution in [1.29, 1.82) is 0 Å². The van der Waals surface area contributed by atoms with Gasteiger partial charge < -0.3 is 108 Å². The van der Waals surface area contributed by atoms with E-state index in [-0.39, 0.29) is 0 Å². The normalized spacial score (nSPS) is 26.0. The maximum atomic E-state index is 2.50. The van der Waals surface area contributed by atoms with Crippen molar-refractivity contribution in [3.05, 3.63) is 0 Å². The van der Waals surface area contributed by atoms with Crippen molar-refractivity contribution in [2.75, 3.05) is 443 Å². The fourth-order valence-electron chi connectivity index (χ4n) is 12.7. The van der Waals surface area contributed by atoms with Crippen molar-refractivity contribution in [2.45, 2.75) is 70.6 Å². The molecule has 0 amide bonds. The number of rotatable bonds is 0. The van der Waals surface area contributed by atoms with E-state index in [2.05, 4.69) is 263 Å². The van der Waals surface area contributed by atoms with Crippen molar-refractivity contribution in [2.24, 2.45) is 0 Å². The van der Waals surface area contributed by atoms with Crippen LogP contribution in [-0.4, -0.2) is 551 Å². The standard InChI is InChI=1S/C23H53N7.C20H46N6.C17H39N5.C17H38N4/c1-24-10-8-12-26(3)16-18-28(5)20-22-30(7)23-21-29(6)19-17-27(4)13-9-11-25(2)15-14-24;1-21-9-7-11-23(3)15-17-25(5)19-20-26(6)18-16-24(4)12-8-10-22(2)14-13-21;1-18-8-6-10-20(3)14-16-22(5)17-15-21(4)11-7-9-19(2)13-12-18;1-18-10-6-5-7-11-19(2)13-9-15-21(4)17-16-20(3)14-8-12-18/h8-23H2,1-7H3;7-20H2,1-6H3;6-17H2,1-5H3;5-17H2,1-4H3. The first-order valence-electron chi connectivity index (χ1n) is 40.3. The maximum Gasteiger partial charge on any atom is 0.0107 e. The largest absolute Gasteiger partial charge is 0.306 e. The van der Waals surface area contributed by atoms with Crippen LogP contribution in [0.4, 0.5) is 0 Å². The second-order valence-electron chi connectivity index (χ2n) is 32.6. The Morgan fingerprint density at radius 2 is 0.131 bits per heavy atom. The summed E-state index contributed by atoms with van der Waals surface area (Å²) in [4.78, 5) is 54.6. The van der Waals surface area contributed by atoms with Crippen molar-refractivity contribution in [1.82, 2.24) is 108 Å². The number of nitrogens with zero attached hydrogens (tertiary/aromatic N) is 22. The highest BCUT2D eigenvalue weighted by atomic mass is 15.3. The lowest BCUT2D eigenvalue weighted by atomic mass is 10.2. The Hall–Kier alpha value is -0.880. The minimum Gasteiger partial charge on any atom is -0.306 e. The van der Waals surface area contributed by atoms with E-state index >= 15 is 0 Å². The molecule has 0 aromatic rings. The SMILES string of the molecule is CN1CCCCCN(C)CCCN(C)CCN(C)CCC1.CN1CCCN(C)CCN(C)CCN(C)CCCN(C)CC1.CN1CCCN(C)CCN(C)CCN(C)CCN(C)CCCN(C)CC1.CN1CCCN(C)CCN(C)CCN(C)CCN(C)CCN(C)CCCN(C)CC1. The molecule has 0 saturated carbocycles. The van der Waals surface area contributed by atoms with Gasteiger partial charge in [0.25, 0.3) is 0 Å². The first-order chi connectivity index (χ1) is 47.2. The van der Waals surface area contributed by atoms with Crippen molar-refractivity contribution >= 4 is 0 Å². The highest BCUT2D eigenvalue weighted by Gasteiger charge is 2.15. The second-order valence-corrected chi connectivity index (χ2v) is 32.6. The van der Waals surface area contributed by atoms with Crippen LogP contribution in [0, 0.1) is 0 Å². The molecule has 4 heterocycles. The molecule has 0 atom stereocenters. The third-order valence-electron chi connectivity index (χ3n) is 21.4. The summed E-state index contributed by atoms with van der Waals surface area (Å²) in [6.07, 6.45) is 14.2. The highest BCUT2D eigenvalue weighted by Crippen LogP contribution is 2.05. The molecule has 0 spiro atoms. The van der Waals surface area contributed by atoms with E-state index < -0.39 is 0 Å². The van der Waals surface area contributed by atoms with Crippen LogP contribution in [0.1, 0.15) is 70.6 Å². The van der Waals surface area contributed by atoms with E-state index in [9.17, 15) is 0 Å². The molecule has 0 aromatic carbocycles. The van der Waals surface area contributed by atoms with E-state index in [0.717, 1.165) is 105 Å². The summed E-state index contributed by atoms with van der Waals surface area (Å²) in [5, 5.41) is 0. The zero-order valence-electron chi connectivity index (χ0n) is 70.7. The van der Waals surface area contributed by atoms with Crippen LogP contribution in [0.2, 0.25) is 0 Å². The smallest absolute Gasteiger partial charge is 0.0107 e. The van der Waals surface area contributed by atoms with Gasteiger partial charge >= 0.3 is 0 Å². The summed E-state index contributed by atoms with van der Waals surface area (Å²) < 4.78 is 0. The van der Waals surface area contributed by atoms with Gasteiger partial charge in [0.05, 0.1) is 0 Å². The lowest BCUT2D eigenvalue weighted by Gasteiger charge is -2.27. The second kappa shape index (κ2) is 62.2. The van der Waals surface area contributed by atoms with Gasteiger partial charge in [0.1, 0.15) is 0 Å². The molecule has 594 valence electrons. The minimum absolute atomic E-state index is 1.15. The molecule has 0 unspecified atom stereocenters. The summed E-state index contributed by atoms with van der Waals surface area (Å²) in [6, 6.07) is 0. The molecule has 99 heavy (non-hydrogen) atoms. The Morgan fingerprint density at radius 3 is 0.222 bits per heavy atom. The zero-order valence-corrected chi connectivity index (χ0v) is 70.7. The van der Waals surface area contributed by atoms with Crippen LogP contribution < -0.4 is 0 Å². The minimum atomic E-state index is 1.15. The Bertz CT molecular complexity index is 1630. The third-order valence-corrected chi connectivity index (χ3v) is 21.4. The van der Waals surface area contributed by atoms with Crippen LogP contribution in [0.25, 0.3) is 0 Å². The molecule has 4 fully saturated rings. The molecule has 0 radical (unpaired) electrons. The van der Waals surface area contributed by atoms with E-state index in [1.807, 2.05) is 0 Å². The molecular weight excluding hydrogens is 1230 g/mol. The van der Waals surface area contributed by atoms with E-state index in [1.165, 1.54) is 254 Å². The van der Waals surface area contributed by atoms with Crippen molar-refractivity contribution in [3.8, 4) is 0 Å². The number of hydrogen-bond acceptors (Lipinski definition) is 22. The summed E-state index contributed by atoms with van der Waals surface area (Å²) in [7, 11) is 49.7. The average Bonchev–Trinajstić information content (AvgIpc) is 2.74. The predicted octanol–water partition coefficient (Wildman–Crippen LogP) is 2.79. The molecule has 4 rings (SSSR count).